The molecule has 0 radical (unpaired) electrons. The van der Waals surface area contributed by atoms with Crippen molar-refractivity contribution in [2.45, 2.75) is 32.4 Å². The molecule has 166 valence electrons. The van der Waals surface area contributed by atoms with E-state index in [2.05, 4.69) is 35.5 Å². The summed E-state index contributed by atoms with van der Waals surface area (Å²) in [5.74, 6) is 0.906. The molecule has 3 aromatic heterocycles. The molecule has 0 unspecified atom stereocenters. The molecule has 3 heterocycles. The smallest absolute Gasteiger partial charge is 0.258 e. The predicted molar refractivity (Wildman–Crippen MR) is 124 cm³/mol. The number of pyridine rings is 1. The molecule has 0 spiro atoms. The van der Waals surface area contributed by atoms with E-state index in [0.717, 1.165) is 11.1 Å². The Kier molecular flexibility index (Phi) is 5.43. The molecule has 1 aromatic carbocycles. The molecule has 0 aliphatic carbocycles. The number of nitrogens with zero attached hydrogens (tertiary/aromatic N) is 4. The van der Waals surface area contributed by atoms with Crippen LogP contribution in [0.3, 0.4) is 0 Å². The van der Waals surface area contributed by atoms with E-state index in [9.17, 15) is 8.42 Å². The van der Waals surface area contributed by atoms with Crippen LogP contribution in [0.25, 0.3) is 11.1 Å². The van der Waals surface area contributed by atoms with Gasteiger partial charge in [0.05, 0.1) is 33.4 Å². The summed E-state index contributed by atoms with van der Waals surface area (Å²) in [4.78, 5) is 12.9. The van der Waals surface area contributed by atoms with Crippen LogP contribution in [0, 0.1) is 6.92 Å². The van der Waals surface area contributed by atoms with E-state index < -0.39 is 14.8 Å². The standard InChI is InChI=1S/C21H23N7O3S/c1-13-17-11-16(12-23-19(17)31-27-13)25-20-22-9-8-18(26-20)24-14-6-5-7-15(10-14)28-32(29,30)21(2,3)4/h5-12,28H,1-4H3,(H2,22,24,25,26). The zero-order valence-corrected chi connectivity index (χ0v) is 18.9. The summed E-state index contributed by atoms with van der Waals surface area (Å²) in [7, 11) is -3.53. The number of sulfonamides is 1. The molecule has 0 amide bonds. The van der Waals surface area contributed by atoms with Crippen LogP contribution in [-0.2, 0) is 10.0 Å². The van der Waals surface area contributed by atoms with Crippen molar-refractivity contribution in [3.63, 3.8) is 0 Å². The highest BCUT2D eigenvalue weighted by atomic mass is 32.2. The zero-order valence-electron chi connectivity index (χ0n) is 18.0. The average molecular weight is 454 g/mol. The Hall–Kier alpha value is -3.73. The summed E-state index contributed by atoms with van der Waals surface area (Å²) in [6.45, 7) is 6.77. The molecule has 11 heteroatoms. The Morgan fingerprint density at radius 1 is 0.969 bits per heavy atom. The number of benzene rings is 1. The van der Waals surface area contributed by atoms with Crippen LogP contribution in [0.5, 0.6) is 0 Å². The highest BCUT2D eigenvalue weighted by molar-refractivity contribution is 7.94. The van der Waals surface area contributed by atoms with Gasteiger partial charge < -0.3 is 15.2 Å². The summed E-state index contributed by atoms with van der Waals surface area (Å²) < 4.78 is 31.7. The van der Waals surface area contributed by atoms with Gasteiger partial charge in [-0.15, -0.1) is 0 Å². The van der Waals surface area contributed by atoms with Crippen molar-refractivity contribution in [2.75, 3.05) is 15.4 Å². The van der Waals surface area contributed by atoms with Gasteiger partial charge in [0.15, 0.2) is 0 Å². The van der Waals surface area contributed by atoms with Gasteiger partial charge in [-0.1, -0.05) is 11.2 Å². The maximum atomic E-state index is 12.4. The molecule has 0 saturated heterocycles. The van der Waals surface area contributed by atoms with Crippen LogP contribution < -0.4 is 15.4 Å². The van der Waals surface area contributed by atoms with E-state index in [4.69, 9.17) is 4.52 Å². The third-order valence-electron chi connectivity index (χ3n) is 4.62. The highest BCUT2D eigenvalue weighted by Gasteiger charge is 2.28. The van der Waals surface area contributed by atoms with E-state index in [1.165, 1.54) is 0 Å². The van der Waals surface area contributed by atoms with E-state index in [-0.39, 0.29) is 0 Å². The number of nitrogens with one attached hydrogen (secondary N) is 3. The highest BCUT2D eigenvalue weighted by Crippen LogP contribution is 2.25. The van der Waals surface area contributed by atoms with Crippen LogP contribution in [-0.4, -0.2) is 33.3 Å². The molecule has 32 heavy (non-hydrogen) atoms. The fraction of sp³-hybridized carbons (Fsp3) is 0.238. The SMILES string of the molecule is Cc1noc2ncc(Nc3nccc(Nc4cccc(NS(=O)(=O)C(C)(C)C)c4)n3)cc12. The molecule has 0 atom stereocenters. The molecular weight excluding hydrogens is 430 g/mol. The van der Waals surface area contributed by atoms with Gasteiger partial charge in [0.1, 0.15) is 5.82 Å². The first-order valence-corrected chi connectivity index (χ1v) is 11.3. The molecule has 0 bridgehead atoms. The van der Waals surface area contributed by atoms with Crippen molar-refractivity contribution in [1.82, 2.24) is 20.1 Å². The Morgan fingerprint density at radius 3 is 2.53 bits per heavy atom. The molecule has 0 fully saturated rings. The van der Waals surface area contributed by atoms with Crippen molar-refractivity contribution in [3.05, 3.63) is 54.5 Å². The van der Waals surface area contributed by atoms with Gasteiger partial charge in [-0.25, -0.2) is 18.4 Å². The lowest BCUT2D eigenvalue weighted by Gasteiger charge is -2.20. The second-order valence-electron chi connectivity index (χ2n) is 8.16. The normalized spacial score (nSPS) is 12.0. The number of aromatic nitrogens is 4. The fourth-order valence-corrected chi connectivity index (χ4v) is 3.49. The third kappa shape index (κ3) is 4.62. The Labute approximate surface area is 185 Å². The van der Waals surface area contributed by atoms with E-state index in [1.54, 1.807) is 57.4 Å². The van der Waals surface area contributed by atoms with Crippen LogP contribution >= 0.6 is 0 Å². The summed E-state index contributed by atoms with van der Waals surface area (Å²) in [6.07, 6.45) is 3.22. The molecule has 10 nitrogen and oxygen atoms in total. The van der Waals surface area contributed by atoms with Gasteiger partial charge in [-0.05, 0) is 58.0 Å². The summed E-state index contributed by atoms with van der Waals surface area (Å²) in [5.41, 5.74) is 3.04. The van der Waals surface area contributed by atoms with Crippen LogP contribution in [0.1, 0.15) is 26.5 Å². The summed E-state index contributed by atoms with van der Waals surface area (Å²) in [5, 5.41) is 11.0. The Bertz CT molecular complexity index is 1380. The maximum Gasteiger partial charge on any atom is 0.258 e. The first-order chi connectivity index (χ1) is 15.1. The Morgan fingerprint density at radius 2 is 1.75 bits per heavy atom. The van der Waals surface area contributed by atoms with E-state index in [1.807, 2.05) is 19.1 Å². The quantitative estimate of drug-likeness (QED) is 0.389. The van der Waals surface area contributed by atoms with Crippen LogP contribution in [0.15, 0.2) is 53.3 Å². The lowest BCUT2D eigenvalue weighted by molar-refractivity contribution is 0.443. The van der Waals surface area contributed by atoms with Crippen LogP contribution in [0.4, 0.5) is 28.8 Å². The zero-order chi connectivity index (χ0) is 22.9. The fourth-order valence-electron chi connectivity index (χ4n) is 2.75. The molecule has 0 aliphatic rings. The number of rotatable bonds is 6. The second kappa shape index (κ2) is 8.08. The van der Waals surface area contributed by atoms with E-state index in [0.29, 0.717) is 34.5 Å². The van der Waals surface area contributed by atoms with Crippen molar-refractivity contribution < 1.29 is 12.9 Å². The topological polar surface area (TPSA) is 135 Å². The van der Waals surface area contributed by atoms with Gasteiger partial charge >= 0.3 is 0 Å². The van der Waals surface area contributed by atoms with Crippen molar-refractivity contribution >= 4 is 50.0 Å². The Balaban J connectivity index is 1.51. The first-order valence-electron chi connectivity index (χ1n) is 9.82. The lowest BCUT2D eigenvalue weighted by atomic mass is 10.2. The maximum absolute atomic E-state index is 12.4. The minimum Gasteiger partial charge on any atom is -0.340 e. The molecule has 3 N–H and O–H groups in total. The average Bonchev–Trinajstić information content (AvgIpc) is 3.08. The lowest BCUT2D eigenvalue weighted by Crippen LogP contribution is -2.33. The molecular formula is C21H23N7O3S. The van der Waals surface area contributed by atoms with Crippen LogP contribution in [0.2, 0.25) is 0 Å². The van der Waals surface area contributed by atoms with Gasteiger partial charge in [0.2, 0.25) is 16.0 Å². The van der Waals surface area contributed by atoms with Gasteiger partial charge in [0, 0.05) is 11.9 Å². The minimum absolute atomic E-state index is 0.370. The monoisotopic (exact) mass is 453 g/mol. The molecule has 4 aromatic rings. The van der Waals surface area contributed by atoms with Crippen molar-refractivity contribution in [2.24, 2.45) is 0 Å². The molecule has 0 aliphatic heterocycles. The third-order valence-corrected chi connectivity index (χ3v) is 6.73. The predicted octanol–water partition coefficient (Wildman–Crippen LogP) is 4.35. The minimum atomic E-state index is -3.53. The van der Waals surface area contributed by atoms with Gasteiger partial charge in [0.25, 0.3) is 5.71 Å². The van der Waals surface area contributed by atoms with Gasteiger partial charge in [-0.2, -0.15) is 4.98 Å². The first kappa shape index (κ1) is 21.5. The summed E-state index contributed by atoms with van der Waals surface area (Å²) in [6, 6.07) is 10.5. The molecule has 4 rings (SSSR count). The number of aryl methyl sites for hydroxylation is 1. The number of hydrogen-bond acceptors (Lipinski definition) is 9. The number of anilines is 5. The largest absolute Gasteiger partial charge is 0.340 e. The molecule has 0 saturated carbocycles. The van der Waals surface area contributed by atoms with E-state index >= 15 is 0 Å². The summed E-state index contributed by atoms with van der Waals surface area (Å²) >= 11 is 0. The van der Waals surface area contributed by atoms with Crippen molar-refractivity contribution in [3.8, 4) is 0 Å². The van der Waals surface area contributed by atoms with Crippen molar-refractivity contribution in [1.29, 1.82) is 0 Å². The second-order valence-corrected chi connectivity index (χ2v) is 10.6. The number of fused-ring (bicyclic) bond motifs is 1. The number of hydrogen-bond donors (Lipinski definition) is 3. The van der Waals surface area contributed by atoms with Gasteiger partial charge in [-0.3, -0.25) is 4.72 Å².